The molecule has 0 saturated carbocycles. The Kier molecular flexibility index (Phi) is 4.76. The maximum Gasteiger partial charge on any atom is 0.307 e. The summed E-state index contributed by atoms with van der Waals surface area (Å²) in [6, 6.07) is 7.75. The molecule has 1 heterocycles. The number of nitrogens with two attached hydrogens (primary N) is 1. The van der Waals surface area contributed by atoms with Crippen LogP contribution in [-0.4, -0.2) is 18.2 Å². The monoisotopic (exact) mass is 278 g/mol. The van der Waals surface area contributed by atoms with Crippen molar-refractivity contribution in [2.24, 2.45) is 5.73 Å². The highest BCUT2D eigenvalue weighted by molar-refractivity contribution is 7.07. The molecule has 0 spiro atoms. The topological polar surface area (TPSA) is 57.2 Å². The number of thiazole rings is 1. The average Bonchev–Trinajstić information content (AvgIpc) is 2.80. The molecule has 0 aliphatic heterocycles. The van der Waals surface area contributed by atoms with Gasteiger partial charge in [-0.1, -0.05) is 23.5 Å². The Morgan fingerprint density at radius 3 is 2.84 bits per heavy atom. The van der Waals surface area contributed by atoms with E-state index in [4.69, 9.17) is 10.5 Å². The number of unbranched alkanes of at least 4 members (excludes halogenated alkanes) is 1. The fraction of sp³-hybridized carbons (Fsp3) is 0.357. The first-order valence-corrected chi connectivity index (χ1v) is 7.17. The Balaban J connectivity index is 2.37. The van der Waals surface area contributed by atoms with Gasteiger partial charge in [0.05, 0.1) is 12.8 Å². The second-order valence-corrected chi connectivity index (χ2v) is 5.06. The molecule has 5 heteroatoms. The van der Waals surface area contributed by atoms with Gasteiger partial charge in [0, 0.05) is 17.5 Å². The number of para-hydroxylation sites is 1. The summed E-state index contributed by atoms with van der Waals surface area (Å²) >= 11 is 1.22. The molecule has 0 aliphatic rings. The first-order chi connectivity index (χ1) is 9.27. The summed E-state index contributed by atoms with van der Waals surface area (Å²) in [5.74, 6) is 0.785. The van der Waals surface area contributed by atoms with Crippen molar-refractivity contribution in [3.8, 4) is 17.0 Å². The van der Waals surface area contributed by atoms with E-state index >= 15 is 0 Å². The lowest BCUT2D eigenvalue weighted by atomic mass is 10.1. The van der Waals surface area contributed by atoms with Gasteiger partial charge in [-0.25, -0.2) is 0 Å². The minimum Gasteiger partial charge on any atom is -0.496 e. The SMILES string of the molecule is COc1ccccc1-c1csc(=O)n1CCCCN. The fourth-order valence-electron chi connectivity index (χ4n) is 2.02. The van der Waals surface area contributed by atoms with Crippen molar-refractivity contribution in [2.75, 3.05) is 13.7 Å². The second kappa shape index (κ2) is 6.54. The van der Waals surface area contributed by atoms with Crippen LogP contribution in [0.2, 0.25) is 0 Å². The van der Waals surface area contributed by atoms with E-state index in [0.717, 1.165) is 29.8 Å². The smallest absolute Gasteiger partial charge is 0.307 e. The third kappa shape index (κ3) is 3.05. The Morgan fingerprint density at radius 1 is 1.32 bits per heavy atom. The predicted molar refractivity (Wildman–Crippen MR) is 78.9 cm³/mol. The molecule has 0 aliphatic carbocycles. The highest BCUT2D eigenvalue weighted by Crippen LogP contribution is 2.29. The molecule has 0 unspecified atom stereocenters. The molecule has 0 bridgehead atoms. The van der Waals surface area contributed by atoms with Gasteiger partial charge >= 0.3 is 4.87 Å². The van der Waals surface area contributed by atoms with Crippen LogP contribution in [-0.2, 0) is 6.54 Å². The first-order valence-electron chi connectivity index (χ1n) is 6.29. The highest BCUT2D eigenvalue weighted by atomic mass is 32.1. The standard InChI is InChI=1S/C14H18N2O2S/c1-18-13-7-3-2-6-11(13)12-10-19-14(17)16(12)9-5-4-8-15/h2-3,6-7,10H,4-5,8-9,15H2,1H3. The van der Waals surface area contributed by atoms with Crippen molar-refractivity contribution in [3.63, 3.8) is 0 Å². The maximum atomic E-state index is 11.9. The zero-order valence-electron chi connectivity index (χ0n) is 11.0. The van der Waals surface area contributed by atoms with Gasteiger partial charge in [-0.15, -0.1) is 0 Å². The molecule has 1 aromatic carbocycles. The zero-order chi connectivity index (χ0) is 13.7. The summed E-state index contributed by atoms with van der Waals surface area (Å²) in [6.07, 6.45) is 1.84. The molecule has 0 saturated heterocycles. The van der Waals surface area contributed by atoms with E-state index < -0.39 is 0 Å². The minimum absolute atomic E-state index is 0.0675. The minimum atomic E-state index is 0.0675. The predicted octanol–water partition coefficient (Wildman–Crippen LogP) is 2.32. The molecule has 1 aromatic heterocycles. The quantitative estimate of drug-likeness (QED) is 0.825. The summed E-state index contributed by atoms with van der Waals surface area (Å²) in [5, 5.41) is 1.89. The van der Waals surface area contributed by atoms with Crippen molar-refractivity contribution in [2.45, 2.75) is 19.4 Å². The summed E-state index contributed by atoms with van der Waals surface area (Å²) in [5.41, 5.74) is 7.37. The fourth-order valence-corrected chi connectivity index (χ4v) is 2.81. The van der Waals surface area contributed by atoms with Gasteiger partial charge in [-0.05, 0) is 31.5 Å². The second-order valence-electron chi connectivity index (χ2n) is 4.23. The van der Waals surface area contributed by atoms with Crippen LogP contribution in [0.1, 0.15) is 12.8 Å². The zero-order valence-corrected chi connectivity index (χ0v) is 11.8. The van der Waals surface area contributed by atoms with Crippen molar-refractivity contribution >= 4 is 11.3 Å². The molecule has 2 rings (SSSR count). The van der Waals surface area contributed by atoms with E-state index in [1.165, 1.54) is 11.3 Å². The summed E-state index contributed by atoms with van der Waals surface area (Å²) in [4.78, 5) is 12.0. The van der Waals surface area contributed by atoms with Crippen LogP contribution >= 0.6 is 11.3 Å². The van der Waals surface area contributed by atoms with E-state index in [-0.39, 0.29) is 4.87 Å². The van der Waals surface area contributed by atoms with Crippen LogP contribution in [0.3, 0.4) is 0 Å². The van der Waals surface area contributed by atoms with Gasteiger partial charge in [-0.3, -0.25) is 9.36 Å². The number of benzene rings is 1. The Hall–Kier alpha value is -1.59. The molecule has 2 N–H and O–H groups in total. The molecular weight excluding hydrogens is 260 g/mol. The number of ether oxygens (including phenoxy) is 1. The molecule has 19 heavy (non-hydrogen) atoms. The molecule has 0 fully saturated rings. The molecule has 4 nitrogen and oxygen atoms in total. The van der Waals surface area contributed by atoms with Gasteiger partial charge in [0.25, 0.3) is 0 Å². The number of aromatic nitrogens is 1. The van der Waals surface area contributed by atoms with Gasteiger partial charge in [0.1, 0.15) is 5.75 Å². The molecule has 0 amide bonds. The molecule has 0 atom stereocenters. The van der Waals surface area contributed by atoms with Crippen LogP contribution in [0.5, 0.6) is 5.75 Å². The first kappa shape index (κ1) is 13.8. The summed E-state index contributed by atoms with van der Waals surface area (Å²) in [6.45, 7) is 1.36. The lowest BCUT2D eigenvalue weighted by molar-refractivity contribution is 0.416. The molecule has 0 radical (unpaired) electrons. The lowest BCUT2D eigenvalue weighted by Gasteiger charge is -2.10. The van der Waals surface area contributed by atoms with Crippen LogP contribution in [0, 0.1) is 0 Å². The Labute approximate surface area is 116 Å². The van der Waals surface area contributed by atoms with Crippen molar-refractivity contribution < 1.29 is 4.74 Å². The third-order valence-corrected chi connectivity index (χ3v) is 3.76. The van der Waals surface area contributed by atoms with Crippen molar-refractivity contribution in [3.05, 3.63) is 39.3 Å². The van der Waals surface area contributed by atoms with E-state index in [2.05, 4.69) is 0 Å². The van der Waals surface area contributed by atoms with Crippen LogP contribution < -0.4 is 15.3 Å². The maximum absolute atomic E-state index is 11.9. The van der Waals surface area contributed by atoms with Crippen LogP contribution in [0.15, 0.2) is 34.4 Å². The van der Waals surface area contributed by atoms with Crippen molar-refractivity contribution in [1.29, 1.82) is 0 Å². The van der Waals surface area contributed by atoms with Gasteiger partial charge in [0.2, 0.25) is 0 Å². The van der Waals surface area contributed by atoms with E-state index in [1.54, 1.807) is 11.7 Å². The lowest BCUT2D eigenvalue weighted by Crippen LogP contribution is -2.15. The van der Waals surface area contributed by atoms with Crippen LogP contribution in [0.25, 0.3) is 11.3 Å². The largest absolute Gasteiger partial charge is 0.496 e. The van der Waals surface area contributed by atoms with E-state index in [0.29, 0.717) is 13.1 Å². The van der Waals surface area contributed by atoms with Crippen LogP contribution in [0.4, 0.5) is 0 Å². The number of hydrogen-bond acceptors (Lipinski definition) is 4. The Bertz CT molecular complexity index is 589. The number of nitrogens with zero attached hydrogens (tertiary/aromatic N) is 1. The van der Waals surface area contributed by atoms with Crippen molar-refractivity contribution in [1.82, 2.24) is 4.57 Å². The van der Waals surface area contributed by atoms with E-state index in [9.17, 15) is 4.79 Å². The van der Waals surface area contributed by atoms with Gasteiger partial charge < -0.3 is 10.5 Å². The summed E-state index contributed by atoms with van der Waals surface area (Å²) < 4.78 is 7.16. The number of rotatable bonds is 6. The Morgan fingerprint density at radius 2 is 2.11 bits per heavy atom. The van der Waals surface area contributed by atoms with E-state index in [1.807, 2.05) is 29.6 Å². The molecule has 2 aromatic rings. The van der Waals surface area contributed by atoms with Gasteiger partial charge in [-0.2, -0.15) is 0 Å². The third-order valence-electron chi connectivity index (χ3n) is 3.00. The number of hydrogen-bond donors (Lipinski definition) is 1. The van der Waals surface area contributed by atoms with Gasteiger partial charge in [0.15, 0.2) is 0 Å². The highest BCUT2D eigenvalue weighted by Gasteiger charge is 2.12. The average molecular weight is 278 g/mol. The summed E-state index contributed by atoms with van der Waals surface area (Å²) in [7, 11) is 1.64. The molecule has 102 valence electrons. The molecular formula is C14H18N2O2S. The number of methoxy groups -OCH3 is 1. The normalized spacial score (nSPS) is 10.6.